The fraction of sp³-hybridized carbons (Fsp3) is 0.323. The van der Waals surface area contributed by atoms with Crippen LogP contribution in [0.3, 0.4) is 0 Å². The number of benzene rings is 2. The van der Waals surface area contributed by atoms with Crippen molar-refractivity contribution in [1.29, 1.82) is 0 Å². The van der Waals surface area contributed by atoms with Crippen molar-refractivity contribution in [3.63, 3.8) is 0 Å². The van der Waals surface area contributed by atoms with Crippen molar-refractivity contribution < 1.29 is 22.8 Å². The first-order chi connectivity index (χ1) is 21.4. The molecule has 10 nitrogen and oxygen atoms in total. The van der Waals surface area contributed by atoms with E-state index in [4.69, 9.17) is 0 Å². The molecule has 0 atom stereocenters. The summed E-state index contributed by atoms with van der Waals surface area (Å²) in [5.74, 6) is 0.679. The molecule has 2 heterocycles. The van der Waals surface area contributed by atoms with E-state index in [0.29, 0.717) is 38.8 Å². The maximum Gasteiger partial charge on any atom is 0.416 e. The van der Waals surface area contributed by atoms with Crippen molar-refractivity contribution in [3.8, 4) is 0 Å². The molecule has 4 N–H and O–H groups in total. The molecule has 0 spiro atoms. The van der Waals surface area contributed by atoms with Crippen LogP contribution >= 0.6 is 11.3 Å². The summed E-state index contributed by atoms with van der Waals surface area (Å²) in [6.07, 6.45) is -2.15. The van der Waals surface area contributed by atoms with Gasteiger partial charge in [-0.1, -0.05) is 37.3 Å². The second-order valence-electron chi connectivity index (χ2n) is 10.2. The Balaban J connectivity index is 1.37. The SMILES string of the molecule is CCN(CC)CCCNc1cc(Nc2ncc(C(=O)Nc3cc(NC(=O)c4cccc(C(F)(F)F)c4)ccc3C)s2)nc(C)n1. The maximum absolute atomic E-state index is 13.1. The molecule has 4 rings (SSSR count). The molecular formula is C31H35F3N8O2S. The zero-order valence-electron chi connectivity index (χ0n) is 25.4. The third kappa shape index (κ3) is 9.46. The minimum atomic E-state index is -4.57. The van der Waals surface area contributed by atoms with Gasteiger partial charge in [-0.2, -0.15) is 13.2 Å². The van der Waals surface area contributed by atoms with Gasteiger partial charge in [0.15, 0.2) is 5.13 Å². The first-order valence-corrected chi connectivity index (χ1v) is 15.2. The molecule has 0 unspecified atom stereocenters. The van der Waals surface area contributed by atoms with Crippen molar-refractivity contribution in [3.05, 3.63) is 82.1 Å². The lowest BCUT2D eigenvalue weighted by Crippen LogP contribution is -2.25. The van der Waals surface area contributed by atoms with Crippen LogP contribution in [0.15, 0.2) is 54.7 Å². The molecule has 0 bridgehead atoms. The Kier molecular flexibility index (Phi) is 11.1. The van der Waals surface area contributed by atoms with Crippen LogP contribution in [0.1, 0.15) is 57.2 Å². The number of alkyl halides is 3. The summed E-state index contributed by atoms with van der Waals surface area (Å²) in [4.78, 5) is 41.6. The highest BCUT2D eigenvalue weighted by molar-refractivity contribution is 7.17. The standard InChI is InChI=1S/C31H35F3N8O2S/c1-5-42(6-2)14-8-13-35-26-17-27(38-20(4)37-26)41-30-36-18-25(45-30)29(44)40-24-16-23(12-11-19(24)3)39-28(43)21-9-7-10-22(15-21)31(32,33)34/h7,9-12,15-18H,5-6,8,13-14H2,1-4H3,(H,39,43)(H,40,44)(H2,35,36,37,38,41). The van der Waals surface area contributed by atoms with E-state index in [1.807, 2.05) is 0 Å². The Hall–Kier alpha value is -4.56. The van der Waals surface area contributed by atoms with Crippen molar-refractivity contribution in [1.82, 2.24) is 19.9 Å². The van der Waals surface area contributed by atoms with E-state index < -0.39 is 23.6 Å². The highest BCUT2D eigenvalue weighted by Gasteiger charge is 2.31. The number of carbonyl (C=O) groups is 2. The largest absolute Gasteiger partial charge is 0.416 e. The second kappa shape index (κ2) is 14.9. The number of rotatable bonds is 13. The molecule has 4 aromatic rings. The van der Waals surface area contributed by atoms with Crippen LogP contribution in [0.4, 0.5) is 41.3 Å². The maximum atomic E-state index is 13.1. The van der Waals surface area contributed by atoms with E-state index >= 15 is 0 Å². The van der Waals surface area contributed by atoms with Gasteiger partial charge < -0.3 is 26.2 Å². The number of thiazole rings is 1. The van der Waals surface area contributed by atoms with Gasteiger partial charge in [0, 0.05) is 29.5 Å². The zero-order valence-corrected chi connectivity index (χ0v) is 26.2. The van der Waals surface area contributed by atoms with E-state index in [9.17, 15) is 22.8 Å². The zero-order chi connectivity index (χ0) is 32.6. The van der Waals surface area contributed by atoms with Crippen molar-refractivity contribution >= 4 is 51.3 Å². The number of anilines is 5. The molecule has 45 heavy (non-hydrogen) atoms. The Morgan fingerprint density at radius 1 is 0.933 bits per heavy atom. The van der Waals surface area contributed by atoms with E-state index in [2.05, 4.69) is 55.0 Å². The second-order valence-corrected chi connectivity index (χ2v) is 11.2. The number of aromatic nitrogens is 3. The van der Waals surface area contributed by atoms with E-state index in [-0.39, 0.29) is 5.56 Å². The van der Waals surface area contributed by atoms with Gasteiger partial charge in [-0.05, 0) is 75.8 Å². The molecular weight excluding hydrogens is 605 g/mol. The molecule has 0 saturated carbocycles. The van der Waals surface area contributed by atoms with Crippen LogP contribution < -0.4 is 21.3 Å². The number of hydrogen-bond acceptors (Lipinski definition) is 9. The Morgan fingerprint density at radius 3 is 2.42 bits per heavy atom. The van der Waals surface area contributed by atoms with Crippen molar-refractivity contribution in [2.24, 2.45) is 0 Å². The average molecular weight is 641 g/mol. The molecule has 14 heteroatoms. The minimum absolute atomic E-state index is 0.141. The van der Waals surface area contributed by atoms with Gasteiger partial charge in [-0.15, -0.1) is 0 Å². The van der Waals surface area contributed by atoms with Crippen LogP contribution in [0.25, 0.3) is 0 Å². The third-order valence-corrected chi connectivity index (χ3v) is 7.76. The monoisotopic (exact) mass is 640 g/mol. The van der Waals surface area contributed by atoms with E-state index in [1.54, 1.807) is 38.1 Å². The smallest absolute Gasteiger partial charge is 0.370 e. The predicted octanol–water partition coefficient (Wildman–Crippen LogP) is 6.96. The van der Waals surface area contributed by atoms with Crippen LogP contribution in [0.5, 0.6) is 0 Å². The van der Waals surface area contributed by atoms with Crippen LogP contribution in [0.2, 0.25) is 0 Å². The molecule has 0 fully saturated rings. The lowest BCUT2D eigenvalue weighted by molar-refractivity contribution is -0.137. The van der Waals surface area contributed by atoms with Gasteiger partial charge in [-0.3, -0.25) is 9.59 Å². The molecule has 2 aromatic carbocycles. The highest BCUT2D eigenvalue weighted by Crippen LogP contribution is 2.30. The van der Waals surface area contributed by atoms with Gasteiger partial charge in [-0.25, -0.2) is 15.0 Å². The quantitative estimate of drug-likeness (QED) is 0.116. The third-order valence-electron chi connectivity index (χ3n) is 6.85. The van der Waals surface area contributed by atoms with Gasteiger partial charge in [0.1, 0.15) is 22.3 Å². The van der Waals surface area contributed by atoms with Gasteiger partial charge in [0.05, 0.1) is 11.8 Å². The van der Waals surface area contributed by atoms with Crippen LogP contribution in [0, 0.1) is 13.8 Å². The first-order valence-electron chi connectivity index (χ1n) is 14.4. The minimum Gasteiger partial charge on any atom is -0.370 e. The summed E-state index contributed by atoms with van der Waals surface area (Å²) in [6.45, 7) is 11.7. The normalized spacial score (nSPS) is 11.4. The summed E-state index contributed by atoms with van der Waals surface area (Å²) in [7, 11) is 0. The van der Waals surface area contributed by atoms with Gasteiger partial charge in [0.25, 0.3) is 11.8 Å². The summed E-state index contributed by atoms with van der Waals surface area (Å²) < 4.78 is 39.2. The molecule has 238 valence electrons. The molecule has 0 saturated heterocycles. The predicted molar refractivity (Wildman–Crippen MR) is 172 cm³/mol. The summed E-state index contributed by atoms with van der Waals surface area (Å²) in [5.41, 5.74) is 0.392. The number of nitrogens with one attached hydrogen (secondary N) is 4. The fourth-order valence-corrected chi connectivity index (χ4v) is 5.10. The fourth-order valence-electron chi connectivity index (χ4n) is 4.39. The number of amides is 2. The number of aryl methyl sites for hydroxylation is 2. The first kappa shape index (κ1) is 33.3. The van der Waals surface area contributed by atoms with Gasteiger partial charge >= 0.3 is 6.18 Å². The number of carbonyl (C=O) groups excluding carboxylic acids is 2. The number of hydrogen-bond donors (Lipinski definition) is 4. The lowest BCUT2D eigenvalue weighted by Gasteiger charge is -2.17. The van der Waals surface area contributed by atoms with Gasteiger partial charge in [0.2, 0.25) is 0 Å². The van der Waals surface area contributed by atoms with Crippen LogP contribution in [-0.2, 0) is 6.18 Å². The molecule has 0 radical (unpaired) electrons. The summed E-state index contributed by atoms with van der Waals surface area (Å²) >= 11 is 1.14. The molecule has 2 amide bonds. The Morgan fingerprint density at radius 2 is 1.69 bits per heavy atom. The topological polar surface area (TPSA) is 124 Å². The Labute approximate surface area is 263 Å². The number of nitrogens with zero attached hydrogens (tertiary/aromatic N) is 4. The number of halogens is 3. The molecule has 0 aliphatic rings. The van der Waals surface area contributed by atoms with Crippen molar-refractivity contribution in [2.75, 3.05) is 47.4 Å². The molecule has 2 aromatic heterocycles. The highest BCUT2D eigenvalue weighted by atomic mass is 32.1. The van der Waals surface area contributed by atoms with Crippen LogP contribution in [-0.4, -0.2) is 57.8 Å². The summed E-state index contributed by atoms with van der Waals surface area (Å²) in [6, 6.07) is 10.8. The van der Waals surface area contributed by atoms with E-state index in [1.165, 1.54) is 18.3 Å². The Bertz CT molecular complexity index is 1640. The van der Waals surface area contributed by atoms with Crippen molar-refractivity contribution in [2.45, 2.75) is 40.3 Å². The lowest BCUT2D eigenvalue weighted by atomic mass is 10.1. The van der Waals surface area contributed by atoms with E-state index in [0.717, 1.165) is 61.6 Å². The molecule has 0 aliphatic carbocycles. The summed E-state index contributed by atoms with van der Waals surface area (Å²) in [5, 5.41) is 12.3. The average Bonchev–Trinajstić information content (AvgIpc) is 3.47. The molecule has 0 aliphatic heterocycles.